The average Bonchev–Trinajstić information content (AvgIpc) is 2.79. The lowest BCUT2D eigenvalue weighted by molar-refractivity contribution is 0.0651. The number of likely N-dealkylation sites (tertiary alicyclic amines) is 1. The summed E-state index contributed by atoms with van der Waals surface area (Å²) in [6, 6.07) is 11.3. The monoisotopic (exact) mass is 482 g/mol. The lowest BCUT2D eigenvalue weighted by atomic mass is 10.1. The van der Waals surface area contributed by atoms with Crippen molar-refractivity contribution in [1.29, 1.82) is 0 Å². The van der Waals surface area contributed by atoms with Crippen LogP contribution >= 0.6 is 11.6 Å². The molecular weight excluding hydrogens is 460 g/mol. The van der Waals surface area contributed by atoms with E-state index in [0.29, 0.717) is 17.1 Å². The number of aliphatic hydroxyl groups is 1. The minimum Gasteiger partial charge on any atom is -0.488 e. The number of benzene rings is 1. The van der Waals surface area contributed by atoms with E-state index in [1.807, 2.05) is 0 Å². The SMILES string of the molecule is C[C@@H](CO)Oc1cc(Oc2ncc(C(=O)N3CCC3)cc2Cl)cc(C(=O)Nc2ccccn2)c1. The molecule has 2 aromatic heterocycles. The van der Waals surface area contributed by atoms with Gasteiger partial charge in [0.1, 0.15) is 28.4 Å². The molecule has 3 heterocycles. The van der Waals surface area contributed by atoms with E-state index in [2.05, 4.69) is 15.3 Å². The molecule has 3 aromatic rings. The maximum absolute atomic E-state index is 12.8. The topological polar surface area (TPSA) is 114 Å². The van der Waals surface area contributed by atoms with Crippen LogP contribution in [0.25, 0.3) is 0 Å². The van der Waals surface area contributed by atoms with Crippen molar-refractivity contribution in [3.63, 3.8) is 0 Å². The normalized spacial score (nSPS) is 13.6. The van der Waals surface area contributed by atoms with Gasteiger partial charge in [0.15, 0.2) is 0 Å². The molecule has 0 aliphatic carbocycles. The molecule has 1 atom stereocenters. The zero-order chi connectivity index (χ0) is 24.1. The van der Waals surface area contributed by atoms with Crippen molar-refractivity contribution in [3.8, 4) is 17.4 Å². The van der Waals surface area contributed by atoms with Crippen LogP contribution in [0.3, 0.4) is 0 Å². The van der Waals surface area contributed by atoms with Crippen molar-refractivity contribution < 1.29 is 24.2 Å². The highest BCUT2D eigenvalue weighted by Gasteiger charge is 2.23. The summed E-state index contributed by atoms with van der Waals surface area (Å²) in [4.78, 5) is 35.2. The maximum atomic E-state index is 12.8. The summed E-state index contributed by atoms with van der Waals surface area (Å²) >= 11 is 6.34. The molecule has 0 spiro atoms. The summed E-state index contributed by atoms with van der Waals surface area (Å²) in [7, 11) is 0. The third-order valence-corrected chi connectivity index (χ3v) is 5.33. The Morgan fingerprint density at radius 3 is 2.59 bits per heavy atom. The highest BCUT2D eigenvalue weighted by molar-refractivity contribution is 6.32. The fraction of sp³-hybridized carbons (Fsp3) is 0.250. The molecule has 1 aliphatic heterocycles. The molecule has 4 rings (SSSR count). The first-order valence-electron chi connectivity index (χ1n) is 10.7. The molecule has 9 nitrogen and oxygen atoms in total. The zero-order valence-corrected chi connectivity index (χ0v) is 19.2. The van der Waals surface area contributed by atoms with Gasteiger partial charge in [0.25, 0.3) is 11.8 Å². The summed E-state index contributed by atoms with van der Waals surface area (Å²) in [5.74, 6) is 0.452. The minimum absolute atomic E-state index is 0.0743. The third kappa shape index (κ3) is 5.62. The number of aliphatic hydroxyl groups excluding tert-OH is 1. The van der Waals surface area contributed by atoms with Crippen molar-refractivity contribution in [2.75, 3.05) is 25.0 Å². The first kappa shape index (κ1) is 23.5. The van der Waals surface area contributed by atoms with Crippen LogP contribution in [0, 0.1) is 0 Å². The van der Waals surface area contributed by atoms with Crippen molar-refractivity contribution in [1.82, 2.24) is 14.9 Å². The van der Waals surface area contributed by atoms with Crippen molar-refractivity contribution >= 4 is 29.2 Å². The van der Waals surface area contributed by atoms with Crippen molar-refractivity contribution in [2.45, 2.75) is 19.4 Å². The number of pyridine rings is 2. The minimum atomic E-state index is -0.504. The van der Waals surface area contributed by atoms with E-state index in [0.717, 1.165) is 19.5 Å². The van der Waals surface area contributed by atoms with Gasteiger partial charge in [-0.25, -0.2) is 9.97 Å². The standard InChI is InChI=1S/C24H23ClN4O5/c1-15(14-30)33-18-9-16(22(31)28-21-5-2-3-6-26-21)10-19(12-18)34-23-20(25)11-17(13-27-23)24(32)29-7-4-8-29/h2-3,5-6,9-13,15,30H,4,7-8,14H2,1H3,(H,26,28,31)/t15-/m0/s1. The molecule has 1 fully saturated rings. The number of anilines is 1. The molecule has 2 amide bonds. The van der Waals surface area contributed by atoms with Crippen LogP contribution in [0.2, 0.25) is 5.02 Å². The molecule has 10 heteroatoms. The highest BCUT2D eigenvalue weighted by Crippen LogP contribution is 2.32. The second-order valence-corrected chi connectivity index (χ2v) is 8.14. The Balaban J connectivity index is 1.58. The smallest absolute Gasteiger partial charge is 0.257 e. The van der Waals surface area contributed by atoms with Crippen molar-refractivity contribution in [3.05, 3.63) is 71.0 Å². The Morgan fingerprint density at radius 2 is 1.94 bits per heavy atom. The van der Waals surface area contributed by atoms with E-state index >= 15 is 0 Å². The Hall–Kier alpha value is -3.69. The summed E-state index contributed by atoms with van der Waals surface area (Å²) < 4.78 is 11.5. The lowest BCUT2D eigenvalue weighted by Crippen LogP contribution is -2.42. The van der Waals surface area contributed by atoms with Gasteiger partial charge in [0.2, 0.25) is 5.88 Å². The predicted molar refractivity (Wildman–Crippen MR) is 126 cm³/mol. The van der Waals surface area contributed by atoms with Crippen molar-refractivity contribution in [2.24, 2.45) is 0 Å². The van der Waals surface area contributed by atoms with Gasteiger partial charge in [-0.3, -0.25) is 9.59 Å². The maximum Gasteiger partial charge on any atom is 0.257 e. The molecule has 1 aromatic carbocycles. The van der Waals surface area contributed by atoms with Gasteiger partial charge in [-0.15, -0.1) is 0 Å². The van der Waals surface area contributed by atoms with Crippen LogP contribution in [0.1, 0.15) is 34.1 Å². The number of hydrogen-bond donors (Lipinski definition) is 2. The van der Waals surface area contributed by atoms with E-state index in [4.69, 9.17) is 21.1 Å². The Labute approximate surface area is 201 Å². The van der Waals surface area contributed by atoms with Crippen LogP contribution in [0.5, 0.6) is 17.4 Å². The zero-order valence-electron chi connectivity index (χ0n) is 18.4. The molecule has 34 heavy (non-hydrogen) atoms. The molecule has 0 unspecified atom stereocenters. The Kier molecular flexibility index (Phi) is 7.24. The van der Waals surface area contributed by atoms with Gasteiger partial charge >= 0.3 is 0 Å². The highest BCUT2D eigenvalue weighted by atomic mass is 35.5. The summed E-state index contributed by atoms with van der Waals surface area (Å²) in [5, 5.41) is 12.2. The fourth-order valence-electron chi connectivity index (χ4n) is 3.16. The number of halogens is 1. The van der Waals surface area contributed by atoms with Gasteiger partial charge in [-0.05, 0) is 43.7 Å². The Morgan fingerprint density at radius 1 is 1.15 bits per heavy atom. The predicted octanol–water partition coefficient (Wildman–Crippen LogP) is 3.78. The summed E-state index contributed by atoms with van der Waals surface area (Å²) in [6.07, 6.45) is 3.45. The van der Waals surface area contributed by atoms with E-state index in [9.17, 15) is 14.7 Å². The van der Waals surface area contributed by atoms with Gasteiger partial charge in [-0.1, -0.05) is 17.7 Å². The summed E-state index contributed by atoms with van der Waals surface area (Å²) in [6.45, 7) is 2.92. The lowest BCUT2D eigenvalue weighted by Gasteiger charge is -2.30. The van der Waals surface area contributed by atoms with Crippen LogP contribution in [0.15, 0.2) is 54.9 Å². The van der Waals surface area contributed by atoms with Crippen LogP contribution < -0.4 is 14.8 Å². The first-order chi connectivity index (χ1) is 16.4. The second kappa shape index (κ2) is 10.5. The fourth-order valence-corrected chi connectivity index (χ4v) is 3.36. The average molecular weight is 483 g/mol. The number of nitrogens with zero attached hydrogens (tertiary/aromatic N) is 3. The van der Waals surface area contributed by atoms with E-state index < -0.39 is 12.0 Å². The van der Waals surface area contributed by atoms with Crippen LogP contribution in [-0.2, 0) is 0 Å². The number of ether oxygens (including phenoxy) is 2. The molecule has 176 valence electrons. The molecule has 1 aliphatic rings. The number of hydrogen-bond acceptors (Lipinski definition) is 7. The number of aromatic nitrogens is 2. The van der Waals surface area contributed by atoms with Gasteiger partial charge in [-0.2, -0.15) is 0 Å². The molecule has 0 saturated carbocycles. The molecule has 2 N–H and O–H groups in total. The molecule has 0 radical (unpaired) electrons. The third-order valence-electron chi connectivity index (χ3n) is 5.06. The number of nitrogens with one attached hydrogen (secondary N) is 1. The molecule has 0 bridgehead atoms. The van der Waals surface area contributed by atoms with E-state index in [-0.39, 0.29) is 34.7 Å². The first-order valence-corrected chi connectivity index (χ1v) is 11.1. The second-order valence-electron chi connectivity index (χ2n) is 7.73. The largest absolute Gasteiger partial charge is 0.488 e. The number of carbonyl (C=O) groups excluding carboxylic acids is 2. The van der Waals surface area contributed by atoms with Gasteiger partial charge < -0.3 is 24.8 Å². The Bertz CT molecular complexity index is 1190. The van der Waals surface area contributed by atoms with Crippen LogP contribution in [-0.4, -0.2) is 57.6 Å². The van der Waals surface area contributed by atoms with Gasteiger partial charge in [0, 0.05) is 37.1 Å². The summed E-state index contributed by atoms with van der Waals surface area (Å²) in [5.41, 5.74) is 0.616. The number of rotatable bonds is 8. The molecule has 1 saturated heterocycles. The number of carbonyl (C=O) groups is 2. The number of amides is 2. The quantitative estimate of drug-likeness (QED) is 0.502. The van der Waals surface area contributed by atoms with E-state index in [1.165, 1.54) is 24.4 Å². The molecular formula is C24H23ClN4O5. The van der Waals surface area contributed by atoms with Crippen LogP contribution in [0.4, 0.5) is 5.82 Å². The van der Waals surface area contributed by atoms with E-state index in [1.54, 1.807) is 42.3 Å². The van der Waals surface area contributed by atoms with Gasteiger partial charge in [0.05, 0.1) is 12.2 Å².